The summed E-state index contributed by atoms with van der Waals surface area (Å²) in [4.78, 5) is 10.6. The third-order valence-corrected chi connectivity index (χ3v) is 1.59. The van der Waals surface area contributed by atoms with Gasteiger partial charge in [0, 0.05) is 13.0 Å². The number of aliphatic hydroxyl groups excluding tert-OH is 1. The number of hydrogen-bond acceptors (Lipinski definition) is 4. The normalized spacial score (nSPS) is 9.07. The molecule has 0 rings (SSSR count). The van der Waals surface area contributed by atoms with Gasteiger partial charge in [-0.05, 0) is 32.9 Å². The van der Waals surface area contributed by atoms with E-state index in [1.54, 1.807) is 6.92 Å². The first-order chi connectivity index (χ1) is 7.22. The van der Waals surface area contributed by atoms with E-state index in [9.17, 15) is 4.79 Å². The van der Waals surface area contributed by atoms with Crippen molar-refractivity contribution >= 4 is 5.97 Å². The van der Waals surface area contributed by atoms with Gasteiger partial charge in [0.05, 0.1) is 6.61 Å². The van der Waals surface area contributed by atoms with E-state index < -0.39 is 0 Å². The molecule has 0 saturated heterocycles. The zero-order valence-corrected chi connectivity index (χ0v) is 10.2. The van der Waals surface area contributed by atoms with Gasteiger partial charge in [0.25, 0.3) is 0 Å². The van der Waals surface area contributed by atoms with Crippen molar-refractivity contribution in [3.05, 3.63) is 0 Å². The van der Waals surface area contributed by atoms with Crippen molar-refractivity contribution in [2.75, 3.05) is 26.3 Å². The Labute approximate surface area is 93.0 Å². The van der Waals surface area contributed by atoms with E-state index in [0.717, 1.165) is 19.5 Å². The minimum Gasteiger partial charge on any atom is -0.466 e. The molecule has 0 aromatic carbocycles. The topological polar surface area (TPSA) is 58.6 Å². The van der Waals surface area contributed by atoms with E-state index >= 15 is 0 Å². The molecule has 0 aliphatic rings. The van der Waals surface area contributed by atoms with Gasteiger partial charge in [-0.15, -0.1) is 0 Å². The van der Waals surface area contributed by atoms with E-state index in [2.05, 4.69) is 23.9 Å². The highest BCUT2D eigenvalue weighted by Crippen LogP contribution is 1.95. The van der Waals surface area contributed by atoms with Crippen LogP contribution in [0.3, 0.4) is 0 Å². The number of rotatable bonds is 7. The minimum absolute atomic E-state index is 0.152. The van der Waals surface area contributed by atoms with Gasteiger partial charge in [0.2, 0.25) is 0 Å². The van der Waals surface area contributed by atoms with Crippen molar-refractivity contribution in [2.24, 2.45) is 0 Å². The first-order valence-corrected chi connectivity index (χ1v) is 5.70. The Morgan fingerprint density at radius 3 is 2.13 bits per heavy atom. The van der Waals surface area contributed by atoms with Crippen molar-refractivity contribution in [1.82, 2.24) is 5.32 Å². The first-order valence-electron chi connectivity index (χ1n) is 5.70. The van der Waals surface area contributed by atoms with Gasteiger partial charge in [-0.3, -0.25) is 4.79 Å². The quantitative estimate of drug-likeness (QED) is 0.501. The lowest BCUT2D eigenvalue weighted by atomic mass is 10.2. The van der Waals surface area contributed by atoms with Crippen molar-refractivity contribution < 1.29 is 14.6 Å². The van der Waals surface area contributed by atoms with Crippen LogP contribution in [0.5, 0.6) is 0 Å². The summed E-state index contributed by atoms with van der Waals surface area (Å²) < 4.78 is 4.67. The number of esters is 1. The van der Waals surface area contributed by atoms with Gasteiger partial charge < -0.3 is 15.2 Å². The van der Waals surface area contributed by atoms with Crippen LogP contribution in [-0.2, 0) is 9.53 Å². The minimum atomic E-state index is -0.170. The average Bonchev–Trinajstić information content (AvgIpc) is 2.21. The van der Waals surface area contributed by atoms with Crippen LogP contribution in [-0.4, -0.2) is 37.4 Å². The van der Waals surface area contributed by atoms with Gasteiger partial charge in [-0.25, -0.2) is 0 Å². The van der Waals surface area contributed by atoms with Gasteiger partial charge >= 0.3 is 5.97 Å². The zero-order valence-electron chi connectivity index (χ0n) is 10.2. The van der Waals surface area contributed by atoms with Crippen LogP contribution in [0.4, 0.5) is 0 Å². The van der Waals surface area contributed by atoms with Crippen molar-refractivity contribution in [1.29, 1.82) is 0 Å². The fourth-order valence-electron chi connectivity index (χ4n) is 0.864. The number of aliphatic hydroxyl groups is 1. The fourth-order valence-corrected chi connectivity index (χ4v) is 0.864. The molecule has 0 radical (unpaired) electrons. The molecule has 92 valence electrons. The maximum Gasteiger partial charge on any atom is 0.305 e. The Bertz CT molecular complexity index is 127. The molecule has 0 saturated carbocycles. The highest BCUT2D eigenvalue weighted by Gasteiger charge is 1.98. The number of carbonyl (C=O) groups is 1. The van der Waals surface area contributed by atoms with Crippen molar-refractivity contribution in [2.45, 2.75) is 40.0 Å². The molecule has 4 heteroatoms. The summed E-state index contributed by atoms with van der Waals surface area (Å²) in [7, 11) is 0. The van der Waals surface area contributed by atoms with E-state index in [4.69, 9.17) is 5.11 Å². The van der Waals surface area contributed by atoms with Crippen LogP contribution in [0.15, 0.2) is 0 Å². The predicted molar refractivity (Wildman–Crippen MR) is 61.8 cm³/mol. The maximum absolute atomic E-state index is 10.6. The van der Waals surface area contributed by atoms with Crippen LogP contribution in [0.1, 0.15) is 40.0 Å². The van der Waals surface area contributed by atoms with E-state index in [1.807, 2.05) is 0 Å². The molecular weight excluding hydrogens is 194 g/mol. The standard InChI is InChI=1S/C7H14O3.C4H11N/c1-2-10-7(9)5-3-4-6-8;1-3-5-4-2/h8H,2-6H2,1H3;5H,3-4H2,1-2H3. The summed E-state index contributed by atoms with van der Waals surface area (Å²) in [5.74, 6) is -0.170. The second-order valence-corrected chi connectivity index (χ2v) is 2.94. The molecule has 4 nitrogen and oxygen atoms in total. The molecule has 0 atom stereocenters. The number of hydrogen-bond donors (Lipinski definition) is 2. The molecule has 2 N–H and O–H groups in total. The number of nitrogens with one attached hydrogen (secondary N) is 1. The smallest absolute Gasteiger partial charge is 0.305 e. The zero-order chi connectivity index (χ0) is 11.9. The monoisotopic (exact) mass is 219 g/mol. The summed E-state index contributed by atoms with van der Waals surface area (Å²) in [6, 6.07) is 0. The third kappa shape index (κ3) is 19.7. The van der Waals surface area contributed by atoms with E-state index in [0.29, 0.717) is 19.4 Å². The molecule has 0 spiro atoms. The number of unbranched alkanes of at least 4 members (excludes halogenated alkanes) is 1. The predicted octanol–water partition coefficient (Wildman–Crippen LogP) is 1.33. The van der Waals surface area contributed by atoms with Crippen LogP contribution in [0, 0.1) is 0 Å². The summed E-state index contributed by atoms with van der Waals surface area (Å²) in [5, 5.41) is 11.5. The molecule has 0 aromatic rings. The summed E-state index contributed by atoms with van der Waals surface area (Å²) in [5.41, 5.74) is 0. The van der Waals surface area contributed by atoms with Crippen LogP contribution in [0.2, 0.25) is 0 Å². The lowest BCUT2D eigenvalue weighted by molar-refractivity contribution is -0.143. The Kier molecular flexibility index (Phi) is 17.8. The second-order valence-electron chi connectivity index (χ2n) is 2.94. The van der Waals surface area contributed by atoms with Crippen LogP contribution < -0.4 is 5.32 Å². The lowest BCUT2D eigenvalue weighted by Crippen LogP contribution is -2.09. The summed E-state index contributed by atoms with van der Waals surface area (Å²) in [6.07, 6.45) is 1.82. The Balaban J connectivity index is 0. The highest BCUT2D eigenvalue weighted by molar-refractivity contribution is 5.69. The fraction of sp³-hybridized carbons (Fsp3) is 0.909. The SMILES string of the molecule is CCNCC.CCOC(=O)CCCCO. The van der Waals surface area contributed by atoms with E-state index in [1.165, 1.54) is 0 Å². The highest BCUT2D eigenvalue weighted by atomic mass is 16.5. The Morgan fingerprint density at radius 1 is 1.20 bits per heavy atom. The summed E-state index contributed by atoms with van der Waals surface area (Å²) >= 11 is 0. The van der Waals surface area contributed by atoms with Crippen LogP contribution in [0.25, 0.3) is 0 Å². The summed E-state index contributed by atoms with van der Waals surface area (Å²) in [6.45, 7) is 8.77. The van der Waals surface area contributed by atoms with Gasteiger partial charge in [-0.2, -0.15) is 0 Å². The van der Waals surface area contributed by atoms with Gasteiger partial charge in [-0.1, -0.05) is 13.8 Å². The van der Waals surface area contributed by atoms with Crippen molar-refractivity contribution in [3.8, 4) is 0 Å². The molecule has 0 fully saturated rings. The molecule has 0 aliphatic heterocycles. The molecule has 0 aromatic heterocycles. The molecule has 0 amide bonds. The molecule has 15 heavy (non-hydrogen) atoms. The molecular formula is C11H25NO3. The van der Waals surface area contributed by atoms with Crippen LogP contribution >= 0.6 is 0 Å². The van der Waals surface area contributed by atoms with Crippen molar-refractivity contribution in [3.63, 3.8) is 0 Å². The number of carbonyl (C=O) groups excluding carboxylic acids is 1. The molecule has 0 unspecified atom stereocenters. The largest absolute Gasteiger partial charge is 0.466 e. The second kappa shape index (κ2) is 15.8. The van der Waals surface area contributed by atoms with Gasteiger partial charge in [0.1, 0.15) is 0 Å². The van der Waals surface area contributed by atoms with Gasteiger partial charge in [0.15, 0.2) is 0 Å². The number of ether oxygens (including phenoxy) is 1. The maximum atomic E-state index is 10.6. The van der Waals surface area contributed by atoms with E-state index in [-0.39, 0.29) is 12.6 Å². The first kappa shape index (κ1) is 16.8. The molecule has 0 heterocycles. The lowest BCUT2D eigenvalue weighted by Gasteiger charge is -1.98. The molecule has 0 bridgehead atoms. The average molecular weight is 219 g/mol. The molecule has 0 aliphatic carbocycles. The third-order valence-electron chi connectivity index (χ3n) is 1.59. The Hall–Kier alpha value is -0.610. The Morgan fingerprint density at radius 2 is 1.80 bits per heavy atom.